The summed E-state index contributed by atoms with van der Waals surface area (Å²) in [4.78, 5) is 25.9. The number of benzene rings is 1. The van der Waals surface area contributed by atoms with Crippen molar-refractivity contribution in [3.63, 3.8) is 0 Å². The molecule has 1 amide bonds. The second kappa shape index (κ2) is 7.11. The quantitative estimate of drug-likeness (QED) is 0.619. The molecule has 0 bridgehead atoms. The van der Waals surface area contributed by atoms with Crippen molar-refractivity contribution < 1.29 is 4.79 Å². The molecule has 9 heteroatoms. The number of nitrogens with two attached hydrogens (primary N) is 1. The van der Waals surface area contributed by atoms with Gasteiger partial charge in [-0.1, -0.05) is 17.7 Å². The van der Waals surface area contributed by atoms with Gasteiger partial charge in [0.2, 0.25) is 0 Å². The first-order valence-corrected chi connectivity index (χ1v) is 9.17. The molecule has 0 radical (unpaired) electrons. The van der Waals surface area contributed by atoms with Gasteiger partial charge in [-0.15, -0.1) is 0 Å². The second-order valence-electron chi connectivity index (χ2n) is 6.96. The predicted molar refractivity (Wildman–Crippen MR) is 106 cm³/mol. The van der Waals surface area contributed by atoms with E-state index in [-0.39, 0.29) is 5.91 Å². The van der Waals surface area contributed by atoms with Crippen LogP contribution in [0, 0.1) is 11.3 Å². The van der Waals surface area contributed by atoms with Crippen molar-refractivity contribution in [1.29, 1.82) is 5.26 Å². The lowest BCUT2D eigenvalue weighted by Gasteiger charge is -2.25. The Morgan fingerprint density at radius 2 is 2.32 bits per heavy atom. The average Bonchev–Trinajstić information content (AvgIpc) is 3.30. The SMILES string of the molecule is N#Cc1c[nH]c2ncnc(N3CC[C@](N)(CNC(=O)c4cccc(Cl)c4)C3)c12. The summed E-state index contributed by atoms with van der Waals surface area (Å²) < 4.78 is 0. The molecule has 1 atom stereocenters. The summed E-state index contributed by atoms with van der Waals surface area (Å²) in [6.45, 7) is 1.50. The van der Waals surface area contributed by atoms with E-state index >= 15 is 0 Å². The Labute approximate surface area is 166 Å². The summed E-state index contributed by atoms with van der Waals surface area (Å²) in [5.74, 6) is 0.462. The zero-order chi connectivity index (χ0) is 19.7. The molecule has 0 unspecified atom stereocenters. The van der Waals surface area contributed by atoms with Gasteiger partial charge in [-0.2, -0.15) is 5.26 Å². The predicted octanol–water partition coefficient (Wildman–Crippen LogP) is 1.82. The van der Waals surface area contributed by atoms with Gasteiger partial charge in [0, 0.05) is 36.4 Å². The third-order valence-electron chi connectivity index (χ3n) is 4.94. The van der Waals surface area contributed by atoms with E-state index in [0.29, 0.717) is 59.1 Å². The minimum Gasteiger partial charge on any atom is -0.354 e. The lowest BCUT2D eigenvalue weighted by molar-refractivity contribution is 0.0945. The van der Waals surface area contributed by atoms with E-state index in [1.54, 1.807) is 30.5 Å². The highest BCUT2D eigenvalue weighted by Crippen LogP contribution is 2.30. The number of hydrogen-bond donors (Lipinski definition) is 3. The van der Waals surface area contributed by atoms with Crippen molar-refractivity contribution in [3.05, 3.63) is 52.9 Å². The fourth-order valence-electron chi connectivity index (χ4n) is 3.48. The maximum absolute atomic E-state index is 12.4. The molecule has 28 heavy (non-hydrogen) atoms. The molecule has 0 saturated carbocycles. The number of aromatic nitrogens is 3. The average molecular weight is 396 g/mol. The number of amides is 1. The van der Waals surface area contributed by atoms with Crippen LogP contribution in [0.1, 0.15) is 22.3 Å². The van der Waals surface area contributed by atoms with E-state index in [1.165, 1.54) is 6.33 Å². The number of nitrogens with one attached hydrogen (secondary N) is 2. The van der Waals surface area contributed by atoms with Gasteiger partial charge >= 0.3 is 0 Å². The van der Waals surface area contributed by atoms with Crippen LogP contribution in [-0.4, -0.2) is 46.0 Å². The highest BCUT2D eigenvalue weighted by molar-refractivity contribution is 6.30. The number of fused-ring (bicyclic) bond motifs is 1. The monoisotopic (exact) mass is 395 g/mol. The van der Waals surface area contributed by atoms with E-state index in [0.717, 1.165) is 0 Å². The summed E-state index contributed by atoms with van der Waals surface area (Å²) in [6.07, 6.45) is 3.77. The van der Waals surface area contributed by atoms with Crippen LogP contribution < -0.4 is 16.0 Å². The summed E-state index contributed by atoms with van der Waals surface area (Å²) in [5.41, 5.74) is 7.54. The van der Waals surface area contributed by atoms with Crippen molar-refractivity contribution in [3.8, 4) is 6.07 Å². The number of rotatable bonds is 4. The van der Waals surface area contributed by atoms with Crippen molar-refractivity contribution in [2.45, 2.75) is 12.0 Å². The largest absolute Gasteiger partial charge is 0.354 e. The first-order valence-electron chi connectivity index (χ1n) is 8.79. The van der Waals surface area contributed by atoms with Crippen LogP contribution in [-0.2, 0) is 0 Å². The molecule has 1 aliphatic rings. The molecule has 3 aromatic rings. The van der Waals surface area contributed by atoms with Crippen LogP contribution in [0.5, 0.6) is 0 Å². The molecule has 142 valence electrons. The highest BCUT2D eigenvalue weighted by Gasteiger charge is 2.36. The van der Waals surface area contributed by atoms with E-state index in [2.05, 4.69) is 26.3 Å². The Hall–Kier alpha value is -3.15. The van der Waals surface area contributed by atoms with Gasteiger partial charge in [0.1, 0.15) is 23.9 Å². The molecule has 1 aromatic carbocycles. The lowest BCUT2D eigenvalue weighted by Crippen LogP contribution is -2.52. The van der Waals surface area contributed by atoms with Gasteiger partial charge in [-0.05, 0) is 24.6 Å². The van der Waals surface area contributed by atoms with Crippen molar-refractivity contribution >= 4 is 34.4 Å². The van der Waals surface area contributed by atoms with Crippen LogP contribution in [0.4, 0.5) is 5.82 Å². The Balaban J connectivity index is 1.48. The fraction of sp³-hybridized carbons (Fsp3) is 0.263. The van der Waals surface area contributed by atoms with Crippen LogP contribution in [0.3, 0.4) is 0 Å². The summed E-state index contributed by atoms with van der Waals surface area (Å²) in [5, 5.41) is 13.4. The van der Waals surface area contributed by atoms with E-state index < -0.39 is 5.54 Å². The number of halogens is 1. The molecular formula is C19H18ClN7O. The number of anilines is 1. The minimum absolute atomic E-state index is 0.215. The number of hydrogen-bond acceptors (Lipinski definition) is 6. The van der Waals surface area contributed by atoms with Gasteiger partial charge in [-0.3, -0.25) is 4.79 Å². The molecule has 8 nitrogen and oxygen atoms in total. The number of carbonyl (C=O) groups is 1. The van der Waals surface area contributed by atoms with Crippen molar-refractivity contribution in [1.82, 2.24) is 20.3 Å². The molecule has 4 rings (SSSR count). The third kappa shape index (κ3) is 3.38. The Kier molecular flexibility index (Phi) is 4.63. The molecule has 1 fully saturated rings. The molecule has 1 aliphatic heterocycles. The van der Waals surface area contributed by atoms with Crippen LogP contribution in [0.2, 0.25) is 5.02 Å². The Bertz CT molecular complexity index is 1090. The molecule has 0 aliphatic carbocycles. The lowest BCUT2D eigenvalue weighted by atomic mass is 10.00. The zero-order valence-electron chi connectivity index (χ0n) is 14.9. The number of nitrogens with zero attached hydrogens (tertiary/aromatic N) is 4. The topological polar surface area (TPSA) is 124 Å². The first-order chi connectivity index (χ1) is 13.5. The maximum Gasteiger partial charge on any atom is 0.251 e. The first kappa shape index (κ1) is 18.2. The molecule has 4 N–H and O–H groups in total. The minimum atomic E-state index is -0.603. The zero-order valence-corrected chi connectivity index (χ0v) is 15.7. The molecule has 3 heterocycles. The number of nitriles is 1. The van der Waals surface area contributed by atoms with Gasteiger partial charge in [0.15, 0.2) is 0 Å². The van der Waals surface area contributed by atoms with Crippen LogP contribution >= 0.6 is 11.6 Å². The number of carbonyl (C=O) groups excluding carboxylic acids is 1. The molecule has 2 aromatic heterocycles. The van der Waals surface area contributed by atoms with E-state index in [1.807, 2.05) is 4.90 Å². The van der Waals surface area contributed by atoms with Crippen molar-refractivity contribution in [2.75, 3.05) is 24.5 Å². The Morgan fingerprint density at radius 3 is 3.11 bits per heavy atom. The normalized spacial score (nSPS) is 19.0. The summed E-state index contributed by atoms with van der Waals surface area (Å²) in [7, 11) is 0. The number of aromatic amines is 1. The van der Waals surface area contributed by atoms with Gasteiger partial charge in [-0.25, -0.2) is 9.97 Å². The fourth-order valence-corrected chi connectivity index (χ4v) is 3.67. The van der Waals surface area contributed by atoms with Gasteiger partial charge in [0.05, 0.1) is 16.5 Å². The standard InChI is InChI=1S/C19H18ClN7O/c20-14-3-1-2-12(6-14)18(28)24-9-19(22)4-5-27(10-19)17-15-13(7-21)8-23-16(15)25-11-26-17/h1-3,6,8,11H,4-5,9-10,22H2,(H,24,28)(H,23,25,26)/t19-/m0/s1. The number of H-pyrrole nitrogens is 1. The van der Waals surface area contributed by atoms with E-state index in [9.17, 15) is 10.1 Å². The second-order valence-corrected chi connectivity index (χ2v) is 7.40. The maximum atomic E-state index is 12.4. The van der Waals surface area contributed by atoms with Gasteiger partial charge < -0.3 is 20.9 Å². The van der Waals surface area contributed by atoms with Crippen LogP contribution in [0.15, 0.2) is 36.8 Å². The Morgan fingerprint density at radius 1 is 1.46 bits per heavy atom. The van der Waals surface area contributed by atoms with Crippen LogP contribution in [0.25, 0.3) is 11.0 Å². The van der Waals surface area contributed by atoms with Gasteiger partial charge in [0.25, 0.3) is 5.91 Å². The molecule has 1 saturated heterocycles. The smallest absolute Gasteiger partial charge is 0.251 e. The summed E-state index contributed by atoms with van der Waals surface area (Å²) in [6, 6.07) is 8.94. The highest BCUT2D eigenvalue weighted by atomic mass is 35.5. The molecular weight excluding hydrogens is 378 g/mol. The molecule has 0 spiro atoms. The third-order valence-corrected chi connectivity index (χ3v) is 5.18. The summed E-state index contributed by atoms with van der Waals surface area (Å²) >= 11 is 5.94. The van der Waals surface area contributed by atoms with E-state index in [4.69, 9.17) is 17.3 Å². The van der Waals surface area contributed by atoms with Crippen molar-refractivity contribution in [2.24, 2.45) is 5.73 Å².